The van der Waals surface area contributed by atoms with E-state index in [0.717, 1.165) is 19.3 Å². The summed E-state index contributed by atoms with van der Waals surface area (Å²) in [4.78, 5) is 12.1. The van der Waals surface area contributed by atoms with E-state index in [2.05, 4.69) is 52.2 Å². The summed E-state index contributed by atoms with van der Waals surface area (Å²) in [5, 5.41) is 6.72. The van der Waals surface area contributed by atoms with Crippen LogP contribution < -0.4 is 10.6 Å². The van der Waals surface area contributed by atoms with E-state index >= 15 is 0 Å². The Bertz CT molecular complexity index is 296. The molecule has 0 aliphatic carbocycles. The van der Waals surface area contributed by atoms with Crippen molar-refractivity contribution in [3.05, 3.63) is 0 Å². The lowest BCUT2D eigenvalue weighted by Crippen LogP contribution is -2.54. The van der Waals surface area contributed by atoms with Crippen molar-refractivity contribution in [3.8, 4) is 0 Å². The van der Waals surface area contributed by atoms with Crippen LogP contribution in [0.1, 0.15) is 67.2 Å². The third-order valence-corrected chi connectivity index (χ3v) is 3.90. The van der Waals surface area contributed by atoms with Crippen LogP contribution in [0.3, 0.4) is 0 Å². The summed E-state index contributed by atoms with van der Waals surface area (Å²) in [6.07, 6.45) is 3.98. The number of carbonyl (C=O) groups excluding carboxylic acids is 1. The second-order valence-corrected chi connectivity index (χ2v) is 7.68. The van der Waals surface area contributed by atoms with Crippen LogP contribution in [0, 0.1) is 11.3 Å². The normalized spacial score (nSPS) is 29.9. The van der Waals surface area contributed by atoms with Crippen LogP contribution in [0.4, 0.5) is 0 Å². The summed E-state index contributed by atoms with van der Waals surface area (Å²) in [5.74, 6) is 0.663. The van der Waals surface area contributed by atoms with Crippen LogP contribution in [0.15, 0.2) is 0 Å². The lowest BCUT2D eigenvalue weighted by molar-refractivity contribution is -0.123. The summed E-state index contributed by atoms with van der Waals surface area (Å²) in [6, 6.07) is 1.25. The molecule has 1 aliphatic rings. The summed E-state index contributed by atoms with van der Waals surface area (Å²) in [6.45, 7) is 13.2. The van der Waals surface area contributed by atoms with Crippen molar-refractivity contribution in [3.63, 3.8) is 0 Å². The van der Waals surface area contributed by atoms with Crippen molar-refractivity contribution in [1.82, 2.24) is 10.6 Å². The molecule has 0 spiro atoms. The maximum absolute atomic E-state index is 12.1. The van der Waals surface area contributed by atoms with Gasteiger partial charge in [0.05, 0.1) is 0 Å². The first kappa shape index (κ1) is 16.5. The van der Waals surface area contributed by atoms with Gasteiger partial charge in [0.25, 0.3) is 0 Å². The van der Waals surface area contributed by atoms with Gasteiger partial charge in [-0.15, -0.1) is 0 Å². The van der Waals surface area contributed by atoms with Gasteiger partial charge in [-0.2, -0.15) is 0 Å². The standard InChI is InChI=1S/C16H32N2O/c1-11(10-16(4,5)6)9-15(19)18-14-8-7-12(2)17-13(14)3/h11-14,17H,7-10H2,1-6H3,(H,18,19). The molecule has 4 unspecified atom stereocenters. The van der Waals surface area contributed by atoms with Gasteiger partial charge in [0.2, 0.25) is 5.91 Å². The lowest BCUT2D eigenvalue weighted by Gasteiger charge is -2.35. The molecule has 1 saturated heterocycles. The predicted molar refractivity (Wildman–Crippen MR) is 81.1 cm³/mol. The number of hydrogen-bond acceptors (Lipinski definition) is 2. The average Bonchev–Trinajstić information content (AvgIpc) is 2.19. The van der Waals surface area contributed by atoms with Crippen molar-refractivity contribution in [2.75, 3.05) is 0 Å². The van der Waals surface area contributed by atoms with Crippen LogP contribution in [-0.2, 0) is 4.79 Å². The van der Waals surface area contributed by atoms with Gasteiger partial charge in [-0.1, -0.05) is 27.7 Å². The van der Waals surface area contributed by atoms with E-state index < -0.39 is 0 Å². The van der Waals surface area contributed by atoms with Crippen molar-refractivity contribution < 1.29 is 4.79 Å². The van der Waals surface area contributed by atoms with Gasteiger partial charge in [0.15, 0.2) is 0 Å². The summed E-state index contributed by atoms with van der Waals surface area (Å²) < 4.78 is 0. The maximum Gasteiger partial charge on any atom is 0.220 e. The minimum Gasteiger partial charge on any atom is -0.352 e. The van der Waals surface area contributed by atoms with Gasteiger partial charge >= 0.3 is 0 Å². The SMILES string of the molecule is CC(CC(=O)NC1CCC(C)NC1C)CC(C)(C)C. The molecule has 1 amide bonds. The zero-order valence-electron chi connectivity index (χ0n) is 13.5. The molecule has 19 heavy (non-hydrogen) atoms. The number of amides is 1. The smallest absolute Gasteiger partial charge is 0.220 e. The number of carbonyl (C=O) groups is 1. The maximum atomic E-state index is 12.1. The first-order chi connectivity index (χ1) is 8.67. The minimum atomic E-state index is 0.213. The molecule has 1 fully saturated rings. The highest BCUT2D eigenvalue weighted by molar-refractivity contribution is 5.76. The molecule has 3 nitrogen and oxygen atoms in total. The quantitative estimate of drug-likeness (QED) is 0.822. The highest BCUT2D eigenvalue weighted by atomic mass is 16.1. The van der Waals surface area contributed by atoms with Crippen molar-refractivity contribution in [2.45, 2.75) is 85.4 Å². The molecule has 0 aromatic heterocycles. The lowest BCUT2D eigenvalue weighted by atomic mass is 9.84. The molecule has 0 saturated carbocycles. The monoisotopic (exact) mass is 268 g/mol. The molecular formula is C16H32N2O. The van der Waals surface area contributed by atoms with Gasteiger partial charge in [-0.25, -0.2) is 0 Å². The highest BCUT2D eigenvalue weighted by Crippen LogP contribution is 2.26. The minimum absolute atomic E-state index is 0.213. The molecule has 0 aromatic rings. The fraction of sp³-hybridized carbons (Fsp3) is 0.938. The van der Waals surface area contributed by atoms with Crippen molar-refractivity contribution in [1.29, 1.82) is 0 Å². The third kappa shape index (κ3) is 6.42. The van der Waals surface area contributed by atoms with E-state index in [1.54, 1.807) is 0 Å². The topological polar surface area (TPSA) is 41.1 Å². The van der Waals surface area contributed by atoms with E-state index in [9.17, 15) is 4.79 Å². The fourth-order valence-corrected chi connectivity index (χ4v) is 3.22. The van der Waals surface area contributed by atoms with Gasteiger partial charge in [0.1, 0.15) is 0 Å². The molecule has 0 aromatic carbocycles. The van der Waals surface area contributed by atoms with E-state index in [1.165, 1.54) is 0 Å². The van der Waals surface area contributed by atoms with Gasteiger partial charge < -0.3 is 10.6 Å². The van der Waals surface area contributed by atoms with Crippen molar-refractivity contribution >= 4 is 5.91 Å². The number of piperidine rings is 1. The molecule has 0 bridgehead atoms. The van der Waals surface area contributed by atoms with E-state index in [-0.39, 0.29) is 5.91 Å². The van der Waals surface area contributed by atoms with Crippen LogP contribution in [0.5, 0.6) is 0 Å². The molecule has 1 rings (SSSR count). The Kier molecular flexibility index (Phi) is 5.84. The summed E-state index contributed by atoms with van der Waals surface area (Å²) >= 11 is 0. The molecule has 112 valence electrons. The van der Waals surface area contributed by atoms with Gasteiger partial charge in [0, 0.05) is 24.5 Å². The zero-order valence-corrected chi connectivity index (χ0v) is 13.5. The van der Waals surface area contributed by atoms with Crippen LogP contribution >= 0.6 is 0 Å². The van der Waals surface area contributed by atoms with E-state index in [0.29, 0.717) is 35.9 Å². The second-order valence-electron chi connectivity index (χ2n) is 7.68. The Labute approximate surface area is 118 Å². The Hall–Kier alpha value is -0.570. The van der Waals surface area contributed by atoms with Crippen LogP contribution in [0.25, 0.3) is 0 Å². The highest BCUT2D eigenvalue weighted by Gasteiger charge is 2.26. The molecule has 0 radical (unpaired) electrons. The number of nitrogens with one attached hydrogen (secondary N) is 2. The Balaban J connectivity index is 2.35. The fourth-order valence-electron chi connectivity index (χ4n) is 3.22. The molecule has 3 heteroatoms. The molecule has 1 aliphatic heterocycles. The summed E-state index contributed by atoms with van der Waals surface area (Å²) in [7, 11) is 0. The molecular weight excluding hydrogens is 236 g/mol. The zero-order chi connectivity index (χ0) is 14.6. The largest absolute Gasteiger partial charge is 0.352 e. The molecule has 4 atom stereocenters. The Morgan fingerprint density at radius 1 is 1.32 bits per heavy atom. The third-order valence-electron chi connectivity index (χ3n) is 3.90. The first-order valence-corrected chi connectivity index (χ1v) is 7.73. The number of hydrogen-bond donors (Lipinski definition) is 2. The molecule has 1 heterocycles. The molecule has 2 N–H and O–H groups in total. The van der Waals surface area contributed by atoms with E-state index in [1.807, 2.05) is 0 Å². The van der Waals surface area contributed by atoms with Gasteiger partial charge in [-0.05, 0) is 44.4 Å². The number of rotatable bonds is 4. The Morgan fingerprint density at radius 2 is 1.95 bits per heavy atom. The summed E-state index contributed by atoms with van der Waals surface area (Å²) in [5.41, 5.74) is 0.300. The van der Waals surface area contributed by atoms with Crippen LogP contribution in [0.2, 0.25) is 0 Å². The van der Waals surface area contributed by atoms with Crippen molar-refractivity contribution in [2.24, 2.45) is 11.3 Å². The first-order valence-electron chi connectivity index (χ1n) is 7.73. The second kappa shape index (κ2) is 6.74. The predicted octanol–water partition coefficient (Wildman–Crippen LogP) is 3.09. The van der Waals surface area contributed by atoms with Crippen LogP contribution in [-0.4, -0.2) is 24.0 Å². The Morgan fingerprint density at radius 3 is 2.47 bits per heavy atom. The average molecular weight is 268 g/mol. The van der Waals surface area contributed by atoms with E-state index in [4.69, 9.17) is 0 Å². The van der Waals surface area contributed by atoms with Gasteiger partial charge in [-0.3, -0.25) is 4.79 Å².